The SMILES string of the molecule is COc1ccc(C=CC(=O)NC(C)C(=O)NCC(=O)NCc2ccccc2)cc1. The fourth-order valence-corrected chi connectivity index (χ4v) is 2.39. The molecule has 1 atom stereocenters. The summed E-state index contributed by atoms with van der Waals surface area (Å²) in [6, 6.07) is 15.9. The Morgan fingerprint density at radius 1 is 1.00 bits per heavy atom. The largest absolute Gasteiger partial charge is 0.497 e. The van der Waals surface area contributed by atoms with Crippen molar-refractivity contribution in [2.75, 3.05) is 13.7 Å². The van der Waals surface area contributed by atoms with Crippen LogP contribution in [0.15, 0.2) is 60.7 Å². The minimum Gasteiger partial charge on any atom is -0.497 e. The van der Waals surface area contributed by atoms with E-state index < -0.39 is 17.9 Å². The molecule has 0 saturated carbocycles. The van der Waals surface area contributed by atoms with Crippen LogP contribution in [0.3, 0.4) is 0 Å². The molecule has 1 unspecified atom stereocenters. The molecule has 0 aromatic heterocycles. The Balaban J connectivity index is 1.70. The Morgan fingerprint density at radius 3 is 2.34 bits per heavy atom. The summed E-state index contributed by atoms with van der Waals surface area (Å²) in [6.07, 6.45) is 2.98. The lowest BCUT2D eigenvalue weighted by Gasteiger charge is -2.13. The maximum atomic E-state index is 12.1. The third-order valence-electron chi connectivity index (χ3n) is 4.05. The number of hydrogen-bond donors (Lipinski definition) is 3. The molecular formula is C22H25N3O4. The van der Waals surface area contributed by atoms with Gasteiger partial charge in [0.05, 0.1) is 13.7 Å². The minimum atomic E-state index is -0.773. The zero-order chi connectivity index (χ0) is 21.1. The molecule has 0 fully saturated rings. The molecule has 0 aliphatic rings. The highest BCUT2D eigenvalue weighted by Gasteiger charge is 2.15. The monoisotopic (exact) mass is 395 g/mol. The van der Waals surface area contributed by atoms with Gasteiger partial charge >= 0.3 is 0 Å². The number of amides is 3. The number of methoxy groups -OCH3 is 1. The molecule has 3 amide bonds. The summed E-state index contributed by atoms with van der Waals surface area (Å²) in [5.74, 6) is -0.423. The smallest absolute Gasteiger partial charge is 0.244 e. The van der Waals surface area contributed by atoms with Crippen molar-refractivity contribution in [1.29, 1.82) is 0 Å². The highest BCUT2D eigenvalue weighted by atomic mass is 16.5. The van der Waals surface area contributed by atoms with E-state index in [1.165, 1.54) is 6.08 Å². The number of nitrogens with one attached hydrogen (secondary N) is 3. The normalized spacial score (nSPS) is 11.5. The van der Waals surface area contributed by atoms with E-state index in [1.807, 2.05) is 42.5 Å². The van der Waals surface area contributed by atoms with Gasteiger partial charge in [-0.3, -0.25) is 14.4 Å². The van der Waals surface area contributed by atoms with E-state index in [2.05, 4.69) is 16.0 Å². The molecule has 7 nitrogen and oxygen atoms in total. The minimum absolute atomic E-state index is 0.159. The van der Waals surface area contributed by atoms with Crippen molar-refractivity contribution in [1.82, 2.24) is 16.0 Å². The number of hydrogen-bond acceptors (Lipinski definition) is 4. The van der Waals surface area contributed by atoms with Crippen molar-refractivity contribution in [2.45, 2.75) is 19.5 Å². The van der Waals surface area contributed by atoms with Crippen LogP contribution < -0.4 is 20.7 Å². The van der Waals surface area contributed by atoms with Gasteiger partial charge in [-0.1, -0.05) is 42.5 Å². The Bertz CT molecular complexity index is 848. The van der Waals surface area contributed by atoms with Crippen molar-refractivity contribution in [3.8, 4) is 5.75 Å². The fourth-order valence-electron chi connectivity index (χ4n) is 2.39. The van der Waals surface area contributed by atoms with Gasteiger partial charge in [-0.05, 0) is 36.3 Å². The highest BCUT2D eigenvalue weighted by molar-refractivity contribution is 5.96. The first-order valence-corrected chi connectivity index (χ1v) is 9.19. The van der Waals surface area contributed by atoms with E-state index >= 15 is 0 Å². The van der Waals surface area contributed by atoms with Gasteiger partial charge < -0.3 is 20.7 Å². The first kappa shape index (κ1) is 21.7. The van der Waals surface area contributed by atoms with Crippen LogP contribution in [0.25, 0.3) is 6.08 Å². The van der Waals surface area contributed by atoms with Crippen molar-refractivity contribution in [3.63, 3.8) is 0 Å². The van der Waals surface area contributed by atoms with E-state index in [0.29, 0.717) is 6.54 Å². The number of ether oxygens (including phenoxy) is 1. The van der Waals surface area contributed by atoms with Crippen LogP contribution in [0.4, 0.5) is 0 Å². The Morgan fingerprint density at radius 2 is 1.69 bits per heavy atom. The molecule has 0 radical (unpaired) electrons. The molecule has 29 heavy (non-hydrogen) atoms. The van der Waals surface area contributed by atoms with Crippen LogP contribution >= 0.6 is 0 Å². The number of rotatable bonds is 9. The van der Waals surface area contributed by atoms with Crippen LogP contribution in [-0.2, 0) is 20.9 Å². The van der Waals surface area contributed by atoms with Gasteiger partial charge in [-0.2, -0.15) is 0 Å². The fraction of sp³-hybridized carbons (Fsp3) is 0.227. The third kappa shape index (κ3) is 7.88. The Labute approximate surface area is 170 Å². The first-order chi connectivity index (χ1) is 14.0. The second-order valence-electron chi connectivity index (χ2n) is 6.32. The molecule has 0 spiro atoms. The Kier molecular flexibility index (Phi) is 8.44. The second-order valence-corrected chi connectivity index (χ2v) is 6.32. The van der Waals surface area contributed by atoms with E-state index in [4.69, 9.17) is 4.74 Å². The average molecular weight is 395 g/mol. The van der Waals surface area contributed by atoms with Gasteiger partial charge in [-0.25, -0.2) is 0 Å². The number of benzene rings is 2. The zero-order valence-electron chi connectivity index (χ0n) is 16.5. The molecule has 3 N–H and O–H groups in total. The summed E-state index contributed by atoms with van der Waals surface area (Å²) < 4.78 is 5.07. The van der Waals surface area contributed by atoms with Crippen molar-refractivity contribution in [2.24, 2.45) is 0 Å². The van der Waals surface area contributed by atoms with E-state index in [0.717, 1.165) is 16.9 Å². The molecule has 0 heterocycles. The lowest BCUT2D eigenvalue weighted by atomic mass is 10.2. The predicted molar refractivity (Wildman–Crippen MR) is 111 cm³/mol. The molecule has 2 aromatic rings. The zero-order valence-corrected chi connectivity index (χ0v) is 16.5. The van der Waals surface area contributed by atoms with Crippen LogP contribution in [0, 0.1) is 0 Å². The van der Waals surface area contributed by atoms with Gasteiger partial charge in [-0.15, -0.1) is 0 Å². The summed E-state index contributed by atoms with van der Waals surface area (Å²) in [6.45, 7) is 1.78. The average Bonchev–Trinajstić information content (AvgIpc) is 2.75. The van der Waals surface area contributed by atoms with Crippen molar-refractivity contribution >= 4 is 23.8 Å². The second kappa shape index (κ2) is 11.3. The van der Waals surface area contributed by atoms with Crippen LogP contribution in [0.1, 0.15) is 18.1 Å². The molecule has 7 heteroatoms. The maximum Gasteiger partial charge on any atom is 0.244 e. The molecule has 0 aliphatic heterocycles. The van der Waals surface area contributed by atoms with Gasteiger partial charge in [0.15, 0.2) is 0 Å². The summed E-state index contributed by atoms with van der Waals surface area (Å²) in [7, 11) is 1.58. The van der Waals surface area contributed by atoms with Crippen molar-refractivity contribution < 1.29 is 19.1 Å². The standard InChI is InChI=1S/C22H25N3O4/c1-16(25-20(26)13-10-17-8-11-19(29-2)12-9-17)22(28)24-15-21(27)23-14-18-6-4-3-5-7-18/h3-13,16H,14-15H2,1-2H3,(H,23,27)(H,24,28)(H,25,26). The van der Waals surface area contributed by atoms with Gasteiger partial charge in [0.1, 0.15) is 11.8 Å². The van der Waals surface area contributed by atoms with Crippen molar-refractivity contribution in [3.05, 3.63) is 71.8 Å². The Hall–Kier alpha value is -3.61. The molecule has 0 bridgehead atoms. The van der Waals surface area contributed by atoms with Crippen LogP contribution in [0.5, 0.6) is 5.75 Å². The highest BCUT2D eigenvalue weighted by Crippen LogP contribution is 2.12. The van der Waals surface area contributed by atoms with Crippen LogP contribution in [0.2, 0.25) is 0 Å². The summed E-state index contributed by atoms with van der Waals surface area (Å²) in [5.41, 5.74) is 1.80. The predicted octanol–water partition coefficient (Wildman–Crippen LogP) is 1.65. The summed E-state index contributed by atoms with van der Waals surface area (Å²) >= 11 is 0. The van der Waals surface area contributed by atoms with E-state index in [9.17, 15) is 14.4 Å². The first-order valence-electron chi connectivity index (χ1n) is 9.19. The van der Waals surface area contributed by atoms with Gasteiger partial charge in [0, 0.05) is 12.6 Å². The van der Waals surface area contributed by atoms with E-state index in [1.54, 1.807) is 32.2 Å². The molecule has 2 aromatic carbocycles. The quantitative estimate of drug-likeness (QED) is 0.563. The molecule has 0 saturated heterocycles. The van der Waals surface area contributed by atoms with Gasteiger partial charge in [0.2, 0.25) is 17.7 Å². The third-order valence-corrected chi connectivity index (χ3v) is 4.05. The summed E-state index contributed by atoms with van der Waals surface area (Å²) in [4.78, 5) is 35.9. The molecule has 0 aliphatic carbocycles. The number of carbonyl (C=O) groups is 3. The lowest BCUT2D eigenvalue weighted by molar-refractivity contribution is -0.128. The summed E-state index contributed by atoms with van der Waals surface area (Å²) in [5, 5.41) is 7.79. The molecule has 2 rings (SSSR count). The van der Waals surface area contributed by atoms with Crippen LogP contribution in [-0.4, -0.2) is 37.4 Å². The molecule has 152 valence electrons. The topological polar surface area (TPSA) is 96.5 Å². The maximum absolute atomic E-state index is 12.1. The van der Waals surface area contributed by atoms with Gasteiger partial charge in [0.25, 0.3) is 0 Å². The lowest BCUT2D eigenvalue weighted by Crippen LogP contribution is -2.47. The van der Waals surface area contributed by atoms with E-state index in [-0.39, 0.29) is 12.5 Å². The number of carbonyl (C=O) groups excluding carboxylic acids is 3. The molecular weight excluding hydrogens is 370 g/mol.